The molecule has 1 saturated carbocycles. The van der Waals surface area contributed by atoms with Gasteiger partial charge in [0.15, 0.2) is 4.80 Å². The van der Waals surface area contributed by atoms with Gasteiger partial charge in [-0.15, -0.1) is 11.3 Å². The fourth-order valence-electron chi connectivity index (χ4n) is 3.06. The summed E-state index contributed by atoms with van der Waals surface area (Å²) in [6.45, 7) is 3.67. The Hall–Kier alpha value is -1.88. The van der Waals surface area contributed by atoms with Gasteiger partial charge in [0.2, 0.25) is 5.91 Å². The summed E-state index contributed by atoms with van der Waals surface area (Å²) in [7, 11) is 0. The first kappa shape index (κ1) is 15.0. The van der Waals surface area contributed by atoms with Crippen molar-refractivity contribution in [3.8, 4) is 0 Å². The van der Waals surface area contributed by atoms with Gasteiger partial charge in [-0.25, -0.2) is 4.99 Å². The van der Waals surface area contributed by atoms with Crippen LogP contribution in [0.2, 0.25) is 0 Å². The molecule has 0 unspecified atom stereocenters. The molecule has 1 aliphatic carbocycles. The fraction of sp³-hybridized carbons (Fsp3) is 0.412. The third kappa shape index (κ3) is 3.30. The van der Waals surface area contributed by atoms with Crippen molar-refractivity contribution in [3.05, 3.63) is 40.1 Å². The highest BCUT2D eigenvalue weighted by Crippen LogP contribution is 2.30. The van der Waals surface area contributed by atoms with Gasteiger partial charge < -0.3 is 9.88 Å². The van der Waals surface area contributed by atoms with Gasteiger partial charge in [-0.2, -0.15) is 0 Å². The number of thiazole rings is 1. The van der Waals surface area contributed by atoms with E-state index in [1.165, 1.54) is 38.3 Å². The van der Waals surface area contributed by atoms with Gasteiger partial charge in [0.05, 0.1) is 5.69 Å². The van der Waals surface area contributed by atoms with Crippen LogP contribution in [0.25, 0.3) is 0 Å². The van der Waals surface area contributed by atoms with E-state index in [4.69, 9.17) is 4.99 Å². The van der Waals surface area contributed by atoms with Crippen molar-refractivity contribution >= 4 is 28.6 Å². The largest absolute Gasteiger partial charge is 0.326 e. The number of aryl methyl sites for hydroxylation is 1. The van der Waals surface area contributed by atoms with Crippen LogP contribution in [0, 0.1) is 6.92 Å². The number of rotatable bonds is 3. The summed E-state index contributed by atoms with van der Waals surface area (Å²) < 4.78 is 2.38. The molecule has 1 amide bonds. The number of aromatic nitrogens is 1. The topological polar surface area (TPSA) is 46.4 Å². The van der Waals surface area contributed by atoms with E-state index in [1.54, 1.807) is 11.3 Å². The minimum atomic E-state index is -0.0647. The molecule has 1 aromatic heterocycles. The number of hydrogen-bond donors (Lipinski definition) is 1. The number of carbonyl (C=O) groups excluding carboxylic acids is 1. The Morgan fingerprint density at radius 1 is 1.36 bits per heavy atom. The molecule has 2 aromatic rings. The molecule has 5 heteroatoms. The summed E-state index contributed by atoms with van der Waals surface area (Å²) in [5.41, 5.74) is 2.95. The van der Waals surface area contributed by atoms with Crippen LogP contribution < -0.4 is 10.1 Å². The number of nitrogens with one attached hydrogen (secondary N) is 1. The summed E-state index contributed by atoms with van der Waals surface area (Å²) in [5.74, 6) is -0.0647. The molecular formula is C17H21N3OS. The van der Waals surface area contributed by atoms with Crippen LogP contribution in [0.4, 0.5) is 11.4 Å². The second kappa shape index (κ2) is 6.48. The van der Waals surface area contributed by atoms with E-state index < -0.39 is 0 Å². The molecule has 1 fully saturated rings. The monoisotopic (exact) mass is 315 g/mol. The molecule has 22 heavy (non-hydrogen) atoms. The minimum Gasteiger partial charge on any atom is -0.326 e. The smallest absolute Gasteiger partial charge is 0.221 e. The lowest BCUT2D eigenvalue weighted by atomic mass is 10.2. The maximum absolute atomic E-state index is 11.2. The molecule has 0 radical (unpaired) electrons. The van der Waals surface area contributed by atoms with Crippen LogP contribution in [-0.2, 0) is 4.79 Å². The fourth-order valence-corrected chi connectivity index (χ4v) is 4.01. The van der Waals surface area contributed by atoms with Gasteiger partial charge in [0, 0.05) is 29.7 Å². The molecular weight excluding hydrogens is 294 g/mol. The van der Waals surface area contributed by atoms with Crippen molar-refractivity contribution in [2.75, 3.05) is 5.32 Å². The SMILES string of the molecule is CC(=O)Nc1cccc(N=c2scc(C)n2C2CCCC2)c1. The molecule has 0 atom stereocenters. The number of benzene rings is 1. The molecule has 1 aromatic carbocycles. The third-order valence-electron chi connectivity index (χ3n) is 4.00. The highest BCUT2D eigenvalue weighted by atomic mass is 32.1. The molecule has 4 nitrogen and oxygen atoms in total. The van der Waals surface area contributed by atoms with E-state index >= 15 is 0 Å². The number of amides is 1. The van der Waals surface area contributed by atoms with Crippen LogP contribution in [0.5, 0.6) is 0 Å². The van der Waals surface area contributed by atoms with Crippen molar-refractivity contribution in [3.63, 3.8) is 0 Å². The van der Waals surface area contributed by atoms with Gasteiger partial charge in [0.25, 0.3) is 0 Å². The number of hydrogen-bond acceptors (Lipinski definition) is 3. The Labute approximate surface area is 134 Å². The average molecular weight is 315 g/mol. The van der Waals surface area contributed by atoms with Crippen molar-refractivity contribution in [1.29, 1.82) is 0 Å². The summed E-state index contributed by atoms with van der Waals surface area (Å²) in [4.78, 5) is 17.0. The Kier molecular flexibility index (Phi) is 4.43. The normalized spacial score (nSPS) is 16.2. The molecule has 3 rings (SSSR count). The quantitative estimate of drug-likeness (QED) is 0.908. The number of anilines is 1. The second-order valence-electron chi connectivity index (χ2n) is 5.81. The zero-order chi connectivity index (χ0) is 15.5. The Morgan fingerprint density at radius 3 is 2.86 bits per heavy atom. The highest BCUT2D eigenvalue weighted by Gasteiger charge is 2.19. The van der Waals surface area contributed by atoms with E-state index in [2.05, 4.69) is 22.2 Å². The van der Waals surface area contributed by atoms with E-state index in [-0.39, 0.29) is 5.91 Å². The Balaban J connectivity index is 1.97. The maximum atomic E-state index is 11.2. The highest BCUT2D eigenvalue weighted by molar-refractivity contribution is 7.07. The molecule has 0 bridgehead atoms. The lowest BCUT2D eigenvalue weighted by Crippen LogP contribution is -2.20. The van der Waals surface area contributed by atoms with Crippen LogP contribution in [0.3, 0.4) is 0 Å². The van der Waals surface area contributed by atoms with Crippen LogP contribution in [-0.4, -0.2) is 10.5 Å². The zero-order valence-corrected chi connectivity index (χ0v) is 13.8. The van der Waals surface area contributed by atoms with Gasteiger partial charge in [-0.3, -0.25) is 4.79 Å². The summed E-state index contributed by atoms with van der Waals surface area (Å²) >= 11 is 1.69. The molecule has 116 valence electrons. The van der Waals surface area contributed by atoms with Gasteiger partial charge in [-0.05, 0) is 38.0 Å². The molecule has 1 aliphatic rings. The predicted octanol–water partition coefficient (Wildman–Crippen LogP) is 4.16. The van der Waals surface area contributed by atoms with Crippen molar-refractivity contribution < 1.29 is 4.79 Å². The lowest BCUT2D eigenvalue weighted by Gasteiger charge is -2.13. The molecule has 1 N–H and O–H groups in total. The molecule has 0 saturated heterocycles. The van der Waals surface area contributed by atoms with Gasteiger partial charge in [0.1, 0.15) is 0 Å². The van der Waals surface area contributed by atoms with Crippen LogP contribution in [0.15, 0.2) is 34.6 Å². The second-order valence-corrected chi connectivity index (χ2v) is 6.65. The maximum Gasteiger partial charge on any atom is 0.221 e. The Bertz CT molecular complexity index is 738. The lowest BCUT2D eigenvalue weighted by molar-refractivity contribution is -0.114. The van der Waals surface area contributed by atoms with E-state index in [9.17, 15) is 4.79 Å². The summed E-state index contributed by atoms with van der Waals surface area (Å²) in [6, 6.07) is 8.27. The van der Waals surface area contributed by atoms with Gasteiger partial charge >= 0.3 is 0 Å². The first-order chi connectivity index (χ1) is 10.6. The molecule has 0 aliphatic heterocycles. The molecule has 0 spiro atoms. The van der Waals surface area contributed by atoms with Crippen molar-refractivity contribution in [2.24, 2.45) is 4.99 Å². The van der Waals surface area contributed by atoms with E-state index in [1.807, 2.05) is 24.3 Å². The summed E-state index contributed by atoms with van der Waals surface area (Å²) in [6.07, 6.45) is 5.11. The van der Waals surface area contributed by atoms with Crippen molar-refractivity contribution in [1.82, 2.24) is 4.57 Å². The first-order valence-corrected chi connectivity index (χ1v) is 8.60. The van der Waals surface area contributed by atoms with Crippen LogP contribution >= 0.6 is 11.3 Å². The predicted molar refractivity (Wildman–Crippen MR) is 90.5 cm³/mol. The van der Waals surface area contributed by atoms with Crippen LogP contribution in [0.1, 0.15) is 44.3 Å². The third-order valence-corrected chi connectivity index (χ3v) is 4.96. The zero-order valence-electron chi connectivity index (χ0n) is 13.0. The number of nitrogens with zero attached hydrogens (tertiary/aromatic N) is 2. The first-order valence-electron chi connectivity index (χ1n) is 7.72. The number of carbonyl (C=O) groups is 1. The summed E-state index contributed by atoms with van der Waals surface area (Å²) in [5, 5.41) is 4.98. The van der Waals surface area contributed by atoms with E-state index in [0.717, 1.165) is 16.2 Å². The van der Waals surface area contributed by atoms with Crippen molar-refractivity contribution in [2.45, 2.75) is 45.6 Å². The molecule has 1 heterocycles. The standard InChI is InChI=1S/C17H21N3OS/c1-12-11-22-17(20(12)16-8-3-4-9-16)19-15-7-5-6-14(10-15)18-13(2)21/h5-7,10-11,16H,3-4,8-9H2,1-2H3,(H,18,21). The van der Waals surface area contributed by atoms with E-state index in [0.29, 0.717) is 6.04 Å². The Morgan fingerprint density at radius 2 is 2.14 bits per heavy atom. The van der Waals surface area contributed by atoms with Gasteiger partial charge in [-0.1, -0.05) is 18.9 Å². The minimum absolute atomic E-state index is 0.0647. The average Bonchev–Trinajstić information content (AvgIpc) is 3.08.